The van der Waals surface area contributed by atoms with Crippen LogP contribution < -0.4 is 0 Å². The van der Waals surface area contributed by atoms with Gasteiger partial charge in [0.05, 0.1) is 13.2 Å². The van der Waals surface area contributed by atoms with E-state index in [1.165, 1.54) is 5.56 Å². The van der Waals surface area contributed by atoms with Gasteiger partial charge in [-0.3, -0.25) is 9.80 Å². The third-order valence-corrected chi connectivity index (χ3v) is 4.82. The number of benzene rings is 1. The molecule has 2 aromatic rings. The lowest BCUT2D eigenvalue weighted by atomic mass is 10.1. The predicted octanol–water partition coefficient (Wildman–Crippen LogP) is 2.20. The number of hydrogen-bond acceptors (Lipinski definition) is 6. The minimum Gasteiger partial charge on any atom is -0.383 e. The zero-order valence-electron chi connectivity index (χ0n) is 15.2. The molecule has 1 fully saturated rings. The van der Waals surface area contributed by atoms with Gasteiger partial charge in [0.2, 0.25) is 5.89 Å². The van der Waals surface area contributed by atoms with Crippen LogP contribution in [0.4, 0.5) is 0 Å². The monoisotopic (exact) mass is 344 g/mol. The normalized spacial score (nSPS) is 19.4. The number of aromatic nitrogens is 2. The van der Waals surface area contributed by atoms with Gasteiger partial charge < -0.3 is 9.26 Å². The van der Waals surface area contributed by atoms with Crippen LogP contribution in [0.1, 0.15) is 30.6 Å². The van der Waals surface area contributed by atoms with E-state index in [2.05, 4.69) is 39.0 Å². The van der Waals surface area contributed by atoms with Crippen molar-refractivity contribution in [3.63, 3.8) is 0 Å². The fourth-order valence-corrected chi connectivity index (χ4v) is 3.39. The fraction of sp³-hybridized carbons (Fsp3) is 0.579. The first-order chi connectivity index (χ1) is 12.3. The van der Waals surface area contributed by atoms with Crippen LogP contribution >= 0.6 is 0 Å². The second kappa shape index (κ2) is 9.08. The standard InChI is InChI=1S/C19H28N4O2/c1-3-17-14-22(9-10-23(17)11-12-24-2)15-19-20-18(21-25-19)13-16-7-5-4-6-8-16/h4-8,17H,3,9-15H2,1-2H3/t17-/m1/s1. The molecule has 6 nitrogen and oxygen atoms in total. The third kappa shape index (κ3) is 5.11. The Morgan fingerprint density at radius 1 is 1.24 bits per heavy atom. The summed E-state index contributed by atoms with van der Waals surface area (Å²) in [5.41, 5.74) is 1.20. The Morgan fingerprint density at radius 2 is 2.08 bits per heavy atom. The maximum atomic E-state index is 5.46. The molecule has 0 spiro atoms. The van der Waals surface area contributed by atoms with Gasteiger partial charge in [-0.15, -0.1) is 0 Å². The molecule has 0 aliphatic carbocycles. The predicted molar refractivity (Wildman–Crippen MR) is 96.4 cm³/mol. The molecule has 0 saturated carbocycles. The van der Waals surface area contributed by atoms with Gasteiger partial charge in [0.15, 0.2) is 5.82 Å². The molecule has 0 radical (unpaired) electrons. The van der Waals surface area contributed by atoms with Crippen LogP contribution in [0.25, 0.3) is 0 Å². The summed E-state index contributed by atoms with van der Waals surface area (Å²) in [6.07, 6.45) is 1.86. The summed E-state index contributed by atoms with van der Waals surface area (Å²) >= 11 is 0. The summed E-state index contributed by atoms with van der Waals surface area (Å²) in [5.74, 6) is 1.47. The lowest BCUT2D eigenvalue weighted by molar-refractivity contribution is 0.0423. The second-order valence-corrected chi connectivity index (χ2v) is 6.59. The summed E-state index contributed by atoms with van der Waals surface area (Å²) in [5, 5.41) is 4.13. The highest BCUT2D eigenvalue weighted by Crippen LogP contribution is 2.15. The minimum atomic E-state index is 0.565. The molecule has 2 heterocycles. The van der Waals surface area contributed by atoms with Gasteiger partial charge in [0.25, 0.3) is 0 Å². The highest BCUT2D eigenvalue weighted by Gasteiger charge is 2.26. The van der Waals surface area contributed by atoms with Gasteiger partial charge in [0.1, 0.15) is 0 Å². The highest BCUT2D eigenvalue weighted by atomic mass is 16.5. The molecule has 1 aromatic carbocycles. The maximum Gasteiger partial charge on any atom is 0.240 e. The number of hydrogen-bond donors (Lipinski definition) is 0. The smallest absolute Gasteiger partial charge is 0.240 e. The van der Waals surface area contributed by atoms with E-state index in [1.54, 1.807) is 7.11 Å². The number of methoxy groups -OCH3 is 1. The molecule has 1 aliphatic rings. The maximum absolute atomic E-state index is 5.46. The Hall–Kier alpha value is -1.76. The summed E-state index contributed by atoms with van der Waals surface area (Å²) in [6.45, 7) is 7.91. The number of rotatable bonds is 8. The Kier molecular flexibility index (Phi) is 6.55. The van der Waals surface area contributed by atoms with Crippen LogP contribution in [0.3, 0.4) is 0 Å². The van der Waals surface area contributed by atoms with E-state index in [-0.39, 0.29) is 0 Å². The van der Waals surface area contributed by atoms with Crippen LogP contribution in [-0.2, 0) is 17.7 Å². The summed E-state index contributed by atoms with van der Waals surface area (Å²) in [6, 6.07) is 10.8. The van der Waals surface area contributed by atoms with Crippen LogP contribution in [-0.4, -0.2) is 65.9 Å². The minimum absolute atomic E-state index is 0.565. The molecule has 0 bridgehead atoms. The summed E-state index contributed by atoms with van der Waals surface area (Å²) in [7, 11) is 1.76. The zero-order chi connectivity index (χ0) is 17.5. The van der Waals surface area contributed by atoms with Crippen LogP contribution in [0.2, 0.25) is 0 Å². The average Bonchev–Trinajstić information content (AvgIpc) is 3.08. The molecular weight excluding hydrogens is 316 g/mol. The number of nitrogens with zero attached hydrogens (tertiary/aromatic N) is 4. The second-order valence-electron chi connectivity index (χ2n) is 6.59. The highest BCUT2D eigenvalue weighted by molar-refractivity contribution is 5.18. The van der Waals surface area contributed by atoms with E-state index in [0.29, 0.717) is 18.4 Å². The molecule has 1 saturated heterocycles. The molecule has 136 valence electrons. The third-order valence-electron chi connectivity index (χ3n) is 4.82. The van der Waals surface area contributed by atoms with Crippen molar-refractivity contribution in [3.8, 4) is 0 Å². The quantitative estimate of drug-likeness (QED) is 0.732. The van der Waals surface area contributed by atoms with E-state index in [4.69, 9.17) is 9.26 Å². The van der Waals surface area contributed by atoms with Crippen LogP contribution in [0.5, 0.6) is 0 Å². The molecule has 3 rings (SSSR count). The fourth-order valence-electron chi connectivity index (χ4n) is 3.39. The van der Waals surface area contributed by atoms with Crippen molar-refractivity contribution in [1.82, 2.24) is 19.9 Å². The zero-order valence-corrected chi connectivity index (χ0v) is 15.2. The molecule has 1 atom stereocenters. The van der Waals surface area contributed by atoms with E-state index in [1.807, 2.05) is 18.2 Å². The first kappa shape index (κ1) is 18.0. The Morgan fingerprint density at radius 3 is 2.84 bits per heavy atom. The molecule has 0 N–H and O–H groups in total. The molecule has 6 heteroatoms. The molecular formula is C19H28N4O2. The SMILES string of the molecule is CC[C@@H]1CN(Cc2nc(Cc3ccccc3)no2)CCN1CCOC. The van der Waals surface area contributed by atoms with E-state index < -0.39 is 0 Å². The van der Waals surface area contributed by atoms with Crippen molar-refractivity contribution >= 4 is 0 Å². The molecule has 0 amide bonds. The van der Waals surface area contributed by atoms with Gasteiger partial charge in [-0.05, 0) is 12.0 Å². The first-order valence-corrected chi connectivity index (χ1v) is 9.09. The van der Waals surface area contributed by atoms with Crippen molar-refractivity contribution in [2.45, 2.75) is 32.4 Å². The summed E-state index contributed by atoms with van der Waals surface area (Å²) < 4.78 is 10.7. The van der Waals surface area contributed by atoms with Crippen LogP contribution in [0, 0.1) is 0 Å². The molecule has 1 aliphatic heterocycles. The first-order valence-electron chi connectivity index (χ1n) is 9.09. The van der Waals surface area contributed by atoms with E-state index in [9.17, 15) is 0 Å². The van der Waals surface area contributed by atoms with Gasteiger partial charge in [-0.25, -0.2) is 0 Å². The van der Waals surface area contributed by atoms with Crippen molar-refractivity contribution in [2.75, 3.05) is 39.9 Å². The lowest BCUT2D eigenvalue weighted by Gasteiger charge is -2.40. The van der Waals surface area contributed by atoms with Crippen molar-refractivity contribution < 1.29 is 9.26 Å². The largest absolute Gasteiger partial charge is 0.383 e. The van der Waals surface area contributed by atoms with Crippen molar-refractivity contribution in [1.29, 1.82) is 0 Å². The van der Waals surface area contributed by atoms with E-state index in [0.717, 1.165) is 51.6 Å². The Labute approximate surface area is 149 Å². The molecule has 1 aromatic heterocycles. The summed E-state index contributed by atoms with van der Waals surface area (Å²) in [4.78, 5) is 9.50. The van der Waals surface area contributed by atoms with Crippen LogP contribution in [0.15, 0.2) is 34.9 Å². The van der Waals surface area contributed by atoms with Crippen molar-refractivity contribution in [2.24, 2.45) is 0 Å². The van der Waals surface area contributed by atoms with Gasteiger partial charge in [0, 0.05) is 45.8 Å². The van der Waals surface area contributed by atoms with Crippen molar-refractivity contribution in [3.05, 3.63) is 47.6 Å². The Bertz CT molecular complexity index is 631. The Balaban J connectivity index is 1.53. The van der Waals surface area contributed by atoms with E-state index >= 15 is 0 Å². The van der Waals surface area contributed by atoms with Gasteiger partial charge >= 0.3 is 0 Å². The van der Waals surface area contributed by atoms with Gasteiger partial charge in [-0.2, -0.15) is 4.98 Å². The molecule has 0 unspecified atom stereocenters. The molecule has 25 heavy (non-hydrogen) atoms. The number of piperazine rings is 1. The van der Waals surface area contributed by atoms with Gasteiger partial charge in [-0.1, -0.05) is 42.4 Å². The average molecular weight is 344 g/mol. The lowest BCUT2D eigenvalue weighted by Crippen LogP contribution is -2.53. The number of ether oxygens (including phenoxy) is 1. The topological polar surface area (TPSA) is 54.6 Å².